The van der Waals surface area contributed by atoms with Gasteiger partial charge in [0.1, 0.15) is 11.5 Å². The number of hydrogen-bond acceptors (Lipinski definition) is 3. The van der Waals surface area contributed by atoms with Gasteiger partial charge in [-0.2, -0.15) is 0 Å². The van der Waals surface area contributed by atoms with E-state index < -0.39 is 0 Å². The fraction of sp³-hybridized carbons (Fsp3) is 0.250. The van der Waals surface area contributed by atoms with Gasteiger partial charge in [-0.15, -0.1) is 0 Å². The molecule has 0 radical (unpaired) electrons. The number of nitrogens with two attached hydrogens (primary N) is 1. The highest BCUT2D eigenvalue weighted by Crippen LogP contribution is 2.32. The molecule has 1 unspecified atom stereocenters. The van der Waals surface area contributed by atoms with Gasteiger partial charge >= 0.3 is 0 Å². The van der Waals surface area contributed by atoms with E-state index in [0.717, 1.165) is 27.1 Å². The quantitative estimate of drug-likeness (QED) is 0.923. The molecular formula is C16H18BrNO2. The van der Waals surface area contributed by atoms with E-state index in [-0.39, 0.29) is 6.04 Å². The van der Waals surface area contributed by atoms with Crippen molar-refractivity contribution in [2.75, 3.05) is 14.2 Å². The molecule has 2 aromatic rings. The van der Waals surface area contributed by atoms with Gasteiger partial charge in [-0.1, -0.05) is 28.1 Å². The van der Waals surface area contributed by atoms with Gasteiger partial charge in [0.25, 0.3) is 0 Å². The van der Waals surface area contributed by atoms with Crippen LogP contribution in [-0.2, 0) is 0 Å². The lowest BCUT2D eigenvalue weighted by atomic mass is 9.98. The number of benzene rings is 2. The second-order valence-corrected chi connectivity index (χ2v) is 5.45. The first-order valence-electron chi connectivity index (χ1n) is 6.30. The third-order valence-electron chi connectivity index (χ3n) is 3.33. The fourth-order valence-electron chi connectivity index (χ4n) is 2.06. The Bertz CT molecular complexity index is 613. The average Bonchev–Trinajstić information content (AvgIpc) is 2.48. The second kappa shape index (κ2) is 6.29. The minimum absolute atomic E-state index is 0.243. The Morgan fingerprint density at radius 2 is 1.80 bits per heavy atom. The van der Waals surface area contributed by atoms with E-state index in [1.54, 1.807) is 14.2 Å². The molecule has 20 heavy (non-hydrogen) atoms. The van der Waals surface area contributed by atoms with Crippen molar-refractivity contribution in [1.82, 2.24) is 0 Å². The Morgan fingerprint density at radius 3 is 2.40 bits per heavy atom. The number of aryl methyl sites for hydroxylation is 1. The van der Waals surface area contributed by atoms with Gasteiger partial charge in [0.05, 0.1) is 20.3 Å². The monoisotopic (exact) mass is 335 g/mol. The van der Waals surface area contributed by atoms with Crippen LogP contribution in [0.1, 0.15) is 22.7 Å². The first-order valence-corrected chi connectivity index (χ1v) is 7.09. The number of ether oxygens (including phenoxy) is 2. The van der Waals surface area contributed by atoms with Crippen LogP contribution in [-0.4, -0.2) is 14.2 Å². The minimum atomic E-state index is -0.243. The van der Waals surface area contributed by atoms with Crippen molar-refractivity contribution in [3.05, 3.63) is 57.6 Å². The van der Waals surface area contributed by atoms with Gasteiger partial charge < -0.3 is 15.2 Å². The maximum atomic E-state index is 6.36. The lowest BCUT2D eigenvalue weighted by molar-refractivity contribution is 0.390. The topological polar surface area (TPSA) is 44.5 Å². The normalized spacial score (nSPS) is 12.1. The molecule has 0 saturated heterocycles. The highest BCUT2D eigenvalue weighted by molar-refractivity contribution is 9.10. The summed E-state index contributed by atoms with van der Waals surface area (Å²) in [6.07, 6.45) is 0. The van der Waals surface area contributed by atoms with E-state index in [0.29, 0.717) is 0 Å². The summed E-state index contributed by atoms with van der Waals surface area (Å²) in [5, 5.41) is 0. The van der Waals surface area contributed by atoms with Crippen LogP contribution in [0.15, 0.2) is 40.9 Å². The molecular weight excluding hydrogens is 318 g/mol. The van der Waals surface area contributed by atoms with Gasteiger partial charge in [0, 0.05) is 16.1 Å². The molecule has 0 aliphatic rings. The maximum absolute atomic E-state index is 6.36. The van der Waals surface area contributed by atoms with Crippen molar-refractivity contribution in [2.24, 2.45) is 5.73 Å². The fourth-order valence-corrected chi connectivity index (χ4v) is 2.45. The van der Waals surface area contributed by atoms with Gasteiger partial charge in [0.15, 0.2) is 0 Å². The molecule has 4 heteroatoms. The third kappa shape index (κ3) is 2.97. The van der Waals surface area contributed by atoms with Crippen molar-refractivity contribution in [2.45, 2.75) is 13.0 Å². The van der Waals surface area contributed by atoms with Crippen LogP contribution >= 0.6 is 15.9 Å². The van der Waals surface area contributed by atoms with Crippen LogP contribution in [0.5, 0.6) is 11.5 Å². The molecule has 2 aromatic carbocycles. The molecule has 0 fully saturated rings. The molecule has 0 aromatic heterocycles. The molecule has 3 nitrogen and oxygen atoms in total. The zero-order chi connectivity index (χ0) is 14.7. The van der Waals surface area contributed by atoms with E-state index in [1.807, 2.05) is 37.3 Å². The van der Waals surface area contributed by atoms with Crippen molar-refractivity contribution in [3.8, 4) is 11.5 Å². The zero-order valence-electron chi connectivity index (χ0n) is 11.8. The summed E-state index contributed by atoms with van der Waals surface area (Å²) >= 11 is 3.54. The number of halogens is 1. The van der Waals surface area contributed by atoms with Crippen LogP contribution in [0.2, 0.25) is 0 Å². The minimum Gasteiger partial charge on any atom is -0.497 e. The summed E-state index contributed by atoms with van der Waals surface area (Å²) in [4.78, 5) is 0. The van der Waals surface area contributed by atoms with Gasteiger partial charge in [-0.25, -0.2) is 0 Å². The highest BCUT2D eigenvalue weighted by Gasteiger charge is 2.15. The molecule has 0 bridgehead atoms. The smallest absolute Gasteiger partial charge is 0.127 e. The number of hydrogen-bond donors (Lipinski definition) is 1. The standard InChI is InChI=1S/C16H18BrNO2/c1-10-4-5-11(8-14(10)17)16(18)13-7-6-12(19-2)9-15(13)20-3/h4-9,16H,18H2,1-3H3. The molecule has 0 amide bonds. The Labute approximate surface area is 127 Å². The van der Waals surface area contributed by atoms with Crippen LogP contribution in [0, 0.1) is 6.92 Å². The van der Waals surface area contributed by atoms with E-state index in [2.05, 4.69) is 22.0 Å². The number of methoxy groups -OCH3 is 2. The first kappa shape index (κ1) is 14.9. The lowest BCUT2D eigenvalue weighted by Crippen LogP contribution is -2.13. The third-order valence-corrected chi connectivity index (χ3v) is 4.19. The Morgan fingerprint density at radius 1 is 1.05 bits per heavy atom. The summed E-state index contributed by atoms with van der Waals surface area (Å²) in [5.74, 6) is 1.48. The zero-order valence-corrected chi connectivity index (χ0v) is 13.4. The van der Waals surface area contributed by atoms with Crippen LogP contribution < -0.4 is 15.2 Å². The van der Waals surface area contributed by atoms with Crippen molar-refractivity contribution in [1.29, 1.82) is 0 Å². The molecule has 0 aliphatic carbocycles. The maximum Gasteiger partial charge on any atom is 0.127 e. The van der Waals surface area contributed by atoms with Gasteiger partial charge in [-0.3, -0.25) is 0 Å². The average molecular weight is 336 g/mol. The van der Waals surface area contributed by atoms with E-state index in [9.17, 15) is 0 Å². The Balaban J connectivity index is 2.41. The summed E-state index contributed by atoms with van der Waals surface area (Å²) in [7, 11) is 3.27. The molecule has 0 saturated carbocycles. The van der Waals surface area contributed by atoms with Crippen molar-refractivity contribution >= 4 is 15.9 Å². The van der Waals surface area contributed by atoms with E-state index >= 15 is 0 Å². The van der Waals surface area contributed by atoms with Gasteiger partial charge in [-0.05, 0) is 36.2 Å². The summed E-state index contributed by atoms with van der Waals surface area (Å²) in [5.41, 5.74) is 9.51. The molecule has 2 rings (SSSR count). The SMILES string of the molecule is COc1ccc(C(N)c2ccc(C)c(Br)c2)c(OC)c1. The Kier molecular flexibility index (Phi) is 4.68. The van der Waals surface area contributed by atoms with Crippen LogP contribution in [0.25, 0.3) is 0 Å². The van der Waals surface area contributed by atoms with Crippen LogP contribution in [0.3, 0.4) is 0 Å². The summed E-state index contributed by atoms with van der Waals surface area (Å²) < 4.78 is 11.7. The predicted octanol–water partition coefficient (Wildman–Crippen LogP) is 3.82. The van der Waals surface area contributed by atoms with Crippen molar-refractivity contribution < 1.29 is 9.47 Å². The van der Waals surface area contributed by atoms with Crippen molar-refractivity contribution in [3.63, 3.8) is 0 Å². The second-order valence-electron chi connectivity index (χ2n) is 4.59. The first-order chi connectivity index (χ1) is 9.56. The van der Waals surface area contributed by atoms with E-state index in [4.69, 9.17) is 15.2 Å². The molecule has 0 heterocycles. The van der Waals surface area contributed by atoms with Gasteiger partial charge in [0.2, 0.25) is 0 Å². The lowest BCUT2D eigenvalue weighted by Gasteiger charge is -2.17. The number of rotatable bonds is 4. The highest BCUT2D eigenvalue weighted by atomic mass is 79.9. The molecule has 0 spiro atoms. The molecule has 1 atom stereocenters. The molecule has 2 N–H and O–H groups in total. The molecule has 0 aliphatic heterocycles. The summed E-state index contributed by atoms with van der Waals surface area (Å²) in [6, 6.07) is 11.6. The van der Waals surface area contributed by atoms with E-state index in [1.165, 1.54) is 5.56 Å². The predicted molar refractivity (Wildman–Crippen MR) is 84.5 cm³/mol. The largest absolute Gasteiger partial charge is 0.497 e. The Hall–Kier alpha value is -1.52. The summed E-state index contributed by atoms with van der Waals surface area (Å²) in [6.45, 7) is 2.05. The van der Waals surface area contributed by atoms with Crippen LogP contribution in [0.4, 0.5) is 0 Å². The molecule has 106 valence electrons.